The third-order valence-electron chi connectivity index (χ3n) is 3.75. The number of hydrogen-bond donors (Lipinski definition) is 3. The molecule has 0 aliphatic heterocycles. The summed E-state index contributed by atoms with van der Waals surface area (Å²) in [5, 5.41) is 3.01. The minimum atomic E-state index is -0.172. The highest BCUT2D eigenvalue weighted by atomic mass is 16.1. The molecule has 1 aliphatic carbocycles. The van der Waals surface area contributed by atoms with Gasteiger partial charge in [-0.1, -0.05) is 19.3 Å². The zero-order valence-corrected chi connectivity index (χ0v) is 11.2. The van der Waals surface area contributed by atoms with Crippen LogP contribution in [-0.4, -0.2) is 21.9 Å². The van der Waals surface area contributed by atoms with E-state index in [-0.39, 0.29) is 11.9 Å². The molecule has 1 aliphatic rings. The van der Waals surface area contributed by atoms with E-state index in [1.165, 1.54) is 44.5 Å². The number of nitrogens with two attached hydrogens (primary N) is 1. The molecule has 0 aromatic carbocycles. The van der Waals surface area contributed by atoms with E-state index in [4.69, 9.17) is 5.84 Å². The van der Waals surface area contributed by atoms with E-state index in [1.807, 2.05) is 0 Å². The smallest absolute Gasteiger partial charge is 0.271 e. The monoisotopic (exact) mass is 263 g/mol. The van der Waals surface area contributed by atoms with Crippen LogP contribution in [0, 0.1) is 5.92 Å². The van der Waals surface area contributed by atoms with Gasteiger partial charge in [-0.15, -0.1) is 0 Å². The Hall–Kier alpha value is -1.69. The summed E-state index contributed by atoms with van der Waals surface area (Å²) in [5.41, 5.74) is 2.70. The number of carbonyl (C=O) groups is 1. The van der Waals surface area contributed by atoms with Crippen LogP contribution in [-0.2, 0) is 0 Å². The van der Waals surface area contributed by atoms with Crippen LogP contribution >= 0.6 is 0 Å². The lowest BCUT2D eigenvalue weighted by Gasteiger charge is -2.28. The van der Waals surface area contributed by atoms with E-state index in [0.29, 0.717) is 17.4 Å². The Bertz CT molecular complexity index is 414. The maximum absolute atomic E-state index is 12.0. The number of rotatable bonds is 4. The van der Waals surface area contributed by atoms with Crippen molar-refractivity contribution in [1.82, 2.24) is 15.3 Å². The summed E-state index contributed by atoms with van der Waals surface area (Å²) in [7, 11) is 0. The molecular formula is C13H21N5O. The van der Waals surface area contributed by atoms with Crippen molar-refractivity contribution in [2.24, 2.45) is 11.8 Å². The third-order valence-corrected chi connectivity index (χ3v) is 3.75. The molecule has 104 valence electrons. The van der Waals surface area contributed by atoms with Gasteiger partial charge in [-0.2, -0.15) is 0 Å². The Labute approximate surface area is 113 Å². The molecule has 0 saturated heterocycles. The minimum Gasteiger partial charge on any atom is -0.348 e. The minimum absolute atomic E-state index is 0.172. The van der Waals surface area contributed by atoms with Crippen LogP contribution in [0.4, 0.5) is 5.82 Å². The highest BCUT2D eigenvalue weighted by Gasteiger charge is 2.22. The fraction of sp³-hybridized carbons (Fsp3) is 0.615. The molecule has 1 aromatic heterocycles. The predicted octanol–water partition coefficient (Wildman–Crippen LogP) is 1.46. The molecule has 1 fully saturated rings. The lowest BCUT2D eigenvalue weighted by atomic mass is 9.84. The van der Waals surface area contributed by atoms with E-state index >= 15 is 0 Å². The van der Waals surface area contributed by atoms with E-state index in [0.717, 1.165) is 0 Å². The molecule has 1 amide bonds. The first-order valence-corrected chi connectivity index (χ1v) is 6.80. The number of anilines is 1. The Morgan fingerprint density at radius 1 is 1.32 bits per heavy atom. The molecule has 0 bridgehead atoms. The van der Waals surface area contributed by atoms with Gasteiger partial charge < -0.3 is 10.7 Å². The fourth-order valence-electron chi connectivity index (χ4n) is 2.55. The van der Waals surface area contributed by atoms with Gasteiger partial charge >= 0.3 is 0 Å². The molecule has 1 atom stereocenters. The molecule has 6 nitrogen and oxygen atoms in total. The van der Waals surface area contributed by atoms with Crippen LogP contribution in [0.25, 0.3) is 0 Å². The van der Waals surface area contributed by atoms with E-state index < -0.39 is 0 Å². The van der Waals surface area contributed by atoms with Gasteiger partial charge in [0, 0.05) is 6.04 Å². The zero-order chi connectivity index (χ0) is 13.7. The summed E-state index contributed by atoms with van der Waals surface area (Å²) in [5.74, 6) is 6.05. The molecule has 1 aromatic rings. The van der Waals surface area contributed by atoms with Crippen LogP contribution in [0.2, 0.25) is 0 Å². The molecule has 2 rings (SSSR count). The largest absolute Gasteiger partial charge is 0.348 e. The third kappa shape index (κ3) is 3.64. The van der Waals surface area contributed by atoms with Crippen LogP contribution in [0.5, 0.6) is 0 Å². The maximum atomic E-state index is 12.0. The number of carbonyl (C=O) groups excluding carboxylic acids is 1. The number of hydrazine groups is 1. The SMILES string of the molecule is CC(NC(=O)c1cnc(NN)cn1)C1CCCCC1. The second kappa shape index (κ2) is 6.47. The number of nitrogens with zero attached hydrogens (tertiary/aromatic N) is 2. The summed E-state index contributed by atoms with van der Waals surface area (Å²) >= 11 is 0. The maximum Gasteiger partial charge on any atom is 0.271 e. The molecule has 1 unspecified atom stereocenters. The van der Waals surface area contributed by atoms with Crippen LogP contribution in [0.1, 0.15) is 49.5 Å². The van der Waals surface area contributed by atoms with E-state index in [2.05, 4.69) is 27.6 Å². The molecule has 19 heavy (non-hydrogen) atoms. The highest BCUT2D eigenvalue weighted by Crippen LogP contribution is 2.26. The van der Waals surface area contributed by atoms with Crippen LogP contribution in [0.3, 0.4) is 0 Å². The number of aromatic nitrogens is 2. The summed E-state index contributed by atoms with van der Waals surface area (Å²) < 4.78 is 0. The molecular weight excluding hydrogens is 242 g/mol. The van der Waals surface area contributed by atoms with Crippen LogP contribution < -0.4 is 16.6 Å². The number of nitrogens with one attached hydrogen (secondary N) is 2. The van der Waals surface area contributed by atoms with Gasteiger partial charge in [0.25, 0.3) is 5.91 Å². The number of hydrogen-bond acceptors (Lipinski definition) is 5. The number of nitrogen functional groups attached to an aromatic ring is 1. The Balaban J connectivity index is 1.91. The average molecular weight is 263 g/mol. The summed E-state index contributed by atoms with van der Waals surface area (Å²) in [6.07, 6.45) is 9.11. The predicted molar refractivity (Wildman–Crippen MR) is 73.3 cm³/mol. The number of amides is 1. The quantitative estimate of drug-likeness (QED) is 0.565. The molecule has 0 radical (unpaired) electrons. The Morgan fingerprint density at radius 2 is 2.05 bits per heavy atom. The lowest BCUT2D eigenvalue weighted by Crippen LogP contribution is -2.39. The van der Waals surface area contributed by atoms with Crippen molar-refractivity contribution in [2.45, 2.75) is 45.1 Å². The average Bonchev–Trinajstić information content (AvgIpc) is 2.48. The molecule has 4 N–H and O–H groups in total. The molecule has 6 heteroatoms. The summed E-state index contributed by atoms with van der Waals surface area (Å²) in [6.45, 7) is 2.07. The van der Waals surface area contributed by atoms with Crippen molar-refractivity contribution >= 4 is 11.7 Å². The summed E-state index contributed by atoms with van der Waals surface area (Å²) in [4.78, 5) is 20.0. The van der Waals surface area contributed by atoms with E-state index in [1.54, 1.807) is 0 Å². The van der Waals surface area contributed by atoms with Gasteiger partial charge in [0.05, 0.1) is 12.4 Å². The van der Waals surface area contributed by atoms with Crippen molar-refractivity contribution in [3.63, 3.8) is 0 Å². The fourth-order valence-corrected chi connectivity index (χ4v) is 2.55. The summed E-state index contributed by atoms with van der Waals surface area (Å²) in [6, 6.07) is 0.182. The Kier molecular flexibility index (Phi) is 4.68. The second-order valence-electron chi connectivity index (χ2n) is 5.09. The van der Waals surface area contributed by atoms with Crippen molar-refractivity contribution in [3.8, 4) is 0 Å². The van der Waals surface area contributed by atoms with Gasteiger partial charge in [0.2, 0.25) is 0 Å². The van der Waals surface area contributed by atoms with Gasteiger partial charge in [-0.25, -0.2) is 15.8 Å². The van der Waals surface area contributed by atoms with Gasteiger partial charge in [-0.3, -0.25) is 4.79 Å². The van der Waals surface area contributed by atoms with Crippen molar-refractivity contribution in [3.05, 3.63) is 18.1 Å². The highest BCUT2D eigenvalue weighted by molar-refractivity contribution is 5.92. The van der Waals surface area contributed by atoms with Gasteiger partial charge in [0.15, 0.2) is 5.82 Å². The molecule has 1 heterocycles. The first kappa shape index (κ1) is 13.7. The molecule has 0 spiro atoms. The topological polar surface area (TPSA) is 92.9 Å². The first-order chi connectivity index (χ1) is 9.20. The lowest BCUT2D eigenvalue weighted by molar-refractivity contribution is 0.0914. The Morgan fingerprint density at radius 3 is 2.63 bits per heavy atom. The standard InChI is InChI=1S/C13H21N5O/c1-9(10-5-3-2-4-6-10)17-13(19)11-7-16-12(18-14)8-15-11/h7-10H,2-6,14H2,1H3,(H,16,18)(H,17,19). The second-order valence-corrected chi connectivity index (χ2v) is 5.09. The molecule has 1 saturated carbocycles. The first-order valence-electron chi connectivity index (χ1n) is 6.80. The van der Waals surface area contributed by atoms with Gasteiger partial charge in [-0.05, 0) is 25.7 Å². The van der Waals surface area contributed by atoms with Gasteiger partial charge in [0.1, 0.15) is 5.69 Å². The normalized spacial score (nSPS) is 17.8. The van der Waals surface area contributed by atoms with Crippen molar-refractivity contribution in [2.75, 3.05) is 5.43 Å². The van der Waals surface area contributed by atoms with Crippen molar-refractivity contribution < 1.29 is 4.79 Å². The van der Waals surface area contributed by atoms with E-state index in [9.17, 15) is 4.79 Å². The zero-order valence-electron chi connectivity index (χ0n) is 11.2. The van der Waals surface area contributed by atoms with Crippen LogP contribution in [0.15, 0.2) is 12.4 Å². The van der Waals surface area contributed by atoms with Crippen molar-refractivity contribution in [1.29, 1.82) is 0 Å².